The highest BCUT2D eigenvalue weighted by molar-refractivity contribution is 9.10. The first-order valence-corrected chi connectivity index (χ1v) is 27.5. The van der Waals surface area contributed by atoms with Gasteiger partial charge in [-0.1, -0.05) is 15.9 Å². The number of benzene rings is 2. The first-order valence-electron chi connectivity index (χ1n) is 24.9. The number of carbonyl (C=O) groups is 7. The third-order valence-corrected chi connectivity index (χ3v) is 15.5. The molecule has 0 spiro atoms. The molecule has 2 unspecified atom stereocenters. The van der Waals surface area contributed by atoms with Crippen molar-refractivity contribution < 1.29 is 114 Å². The smallest absolute Gasteiger partial charge is 0.345 e. The van der Waals surface area contributed by atoms with E-state index in [-0.39, 0.29) is 71.2 Å². The number of hydrogen-bond donors (Lipinski definition) is 1. The molecule has 1 aliphatic carbocycles. The van der Waals surface area contributed by atoms with Crippen LogP contribution >= 0.6 is 23.5 Å². The largest absolute Gasteiger partial charge is 0.496 e. The Labute approximate surface area is 479 Å². The number of hydrogen-bond acceptors (Lipinski definition) is 23. The van der Waals surface area contributed by atoms with Gasteiger partial charge in [0.2, 0.25) is 34.6 Å². The molecule has 3 fully saturated rings. The predicted octanol–water partition coefficient (Wildman–Crippen LogP) is 7.77. The van der Waals surface area contributed by atoms with E-state index in [0.717, 1.165) is 29.4 Å². The number of rotatable bonds is 21. The van der Waals surface area contributed by atoms with Crippen LogP contribution in [-0.4, -0.2) is 168 Å². The summed E-state index contributed by atoms with van der Waals surface area (Å²) in [5.41, 5.74) is 3.47. The molecule has 0 amide bonds. The normalized spacial score (nSPS) is 17.1. The fraction of sp³-hybridized carbons (Fsp3) is 0.509. The Morgan fingerprint density at radius 2 is 1.10 bits per heavy atom. The van der Waals surface area contributed by atoms with Crippen LogP contribution in [0.5, 0.6) is 40.2 Å². The molecule has 2 aromatic rings. The Balaban J connectivity index is 0.000000359. The van der Waals surface area contributed by atoms with Crippen LogP contribution < -0.4 is 33.2 Å². The molecular weight excluding hydrogens is 1160 g/mol. The van der Waals surface area contributed by atoms with Gasteiger partial charge in [-0.05, 0) is 53.7 Å². The molecule has 1 N–H and O–H groups in total. The number of carboxylic acids is 1. The van der Waals surface area contributed by atoms with Gasteiger partial charge in [-0.3, -0.25) is 28.5 Å². The predicted molar refractivity (Wildman–Crippen MR) is 296 cm³/mol. The van der Waals surface area contributed by atoms with E-state index in [1.165, 1.54) is 69.9 Å². The number of Topliss-reactive ketones (excluding diaryl/α,β-unsaturated/α-hetero) is 2. The minimum absolute atomic E-state index is 0.0175. The molecule has 3 heterocycles. The van der Waals surface area contributed by atoms with E-state index in [1.54, 1.807) is 34.1 Å². The molecule has 4 aliphatic rings. The highest BCUT2D eigenvalue weighted by Crippen LogP contribution is 2.56. The van der Waals surface area contributed by atoms with Crippen LogP contribution in [0.3, 0.4) is 0 Å². The molecule has 0 saturated carbocycles. The Morgan fingerprint density at radius 3 is 1.49 bits per heavy atom. The van der Waals surface area contributed by atoms with E-state index in [0.29, 0.717) is 89.6 Å². The second-order valence-electron chi connectivity index (χ2n) is 16.9. The number of ketones is 2. The lowest BCUT2D eigenvalue weighted by Crippen LogP contribution is -2.24. The minimum atomic E-state index is -3.30. The van der Waals surface area contributed by atoms with Crippen molar-refractivity contribution in [3.63, 3.8) is 0 Å². The Kier molecular flexibility index (Phi) is 29.8. The van der Waals surface area contributed by atoms with Crippen molar-refractivity contribution in [3.05, 3.63) is 67.7 Å². The van der Waals surface area contributed by atoms with Crippen LogP contribution in [0, 0.1) is 20.8 Å². The highest BCUT2D eigenvalue weighted by Gasteiger charge is 2.45. The number of carboxylic acid groups (broad SMARTS) is 1. The molecule has 24 nitrogen and oxygen atoms in total. The molecule has 450 valence electrons. The third kappa shape index (κ3) is 17.5. The molecule has 6 rings (SSSR count). The summed E-state index contributed by atoms with van der Waals surface area (Å²) in [5.74, 6) is -0.0703. The number of cyclic esters (lactones) is 3. The van der Waals surface area contributed by atoms with Gasteiger partial charge in [0.05, 0.1) is 109 Å². The summed E-state index contributed by atoms with van der Waals surface area (Å²) in [6.45, 7) is 12.4. The lowest BCUT2D eigenvalue weighted by atomic mass is 9.91. The zero-order valence-corrected chi connectivity index (χ0v) is 51.1. The second kappa shape index (κ2) is 34.4. The zero-order chi connectivity index (χ0) is 61.3. The maximum absolute atomic E-state index is 12.4. The fourth-order valence-electron chi connectivity index (χ4n) is 8.19. The molecule has 0 bridgehead atoms. The average Bonchev–Trinajstić information content (AvgIpc) is 4.19. The lowest BCUT2D eigenvalue weighted by molar-refractivity contribution is -0.138. The van der Waals surface area contributed by atoms with Crippen molar-refractivity contribution in [2.45, 2.75) is 77.7 Å². The molecule has 0 aromatic heterocycles. The van der Waals surface area contributed by atoms with Crippen LogP contribution in [0.25, 0.3) is 6.08 Å². The maximum atomic E-state index is 12.4. The number of aldehydes is 1. The number of alkyl halides is 1. The lowest BCUT2D eigenvalue weighted by Gasteiger charge is -2.20. The number of methoxy groups -OCH3 is 10. The van der Waals surface area contributed by atoms with Gasteiger partial charge in [0.25, 0.3) is 0 Å². The van der Waals surface area contributed by atoms with E-state index < -0.39 is 36.8 Å². The maximum Gasteiger partial charge on any atom is 0.345 e. The van der Waals surface area contributed by atoms with Gasteiger partial charge in [-0.15, -0.1) is 0 Å². The molecule has 3 saturated heterocycles. The minimum Gasteiger partial charge on any atom is -0.496 e. The van der Waals surface area contributed by atoms with Crippen molar-refractivity contribution in [2.75, 3.05) is 111 Å². The van der Waals surface area contributed by atoms with E-state index in [4.69, 9.17) is 65.9 Å². The van der Waals surface area contributed by atoms with Crippen molar-refractivity contribution >= 4 is 71.3 Å². The van der Waals surface area contributed by atoms with Gasteiger partial charge < -0.3 is 75.7 Å². The van der Waals surface area contributed by atoms with Crippen molar-refractivity contribution in [1.29, 1.82) is 0 Å². The summed E-state index contributed by atoms with van der Waals surface area (Å²) < 4.78 is 88.6. The van der Waals surface area contributed by atoms with Crippen LogP contribution in [-0.2, 0) is 70.8 Å². The molecule has 2 aromatic carbocycles. The summed E-state index contributed by atoms with van der Waals surface area (Å²) in [5, 5.41) is 9.18. The van der Waals surface area contributed by atoms with Gasteiger partial charge in [-0.2, -0.15) is 0 Å². The van der Waals surface area contributed by atoms with E-state index in [9.17, 15) is 43.2 Å². The van der Waals surface area contributed by atoms with Crippen LogP contribution in [0.4, 0.5) is 0 Å². The topological polar surface area (TPSA) is 295 Å². The van der Waals surface area contributed by atoms with Crippen molar-refractivity contribution in [3.8, 4) is 40.2 Å². The number of esters is 3. The van der Waals surface area contributed by atoms with Crippen LogP contribution in [0.2, 0.25) is 0 Å². The zero-order valence-electron chi connectivity index (χ0n) is 48.6. The van der Waals surface area contributed by atoms with Gasteiger partial charge in [-0.25, -0.2) is 9.59 Å². The fourth-order valence-corrected chi connectivity index (χ4v) is 10.4. The van der Waals surface area contributed by atoms with E-state index in [2.05, 4.69) is 20.7 Å². The van der Waals surface area contributed by atoms with Gasteiger partial charge in [0.15, 0.2) is 34.9 Å². The number of aliphatic carboxylic acids is 1. The Hall–Kier alpha value is -6.92. The average molecular weight is 1230 g/mol. The summed E-state index contributed by atoms with van der Waals surface area (Å²) in [4.78, 5) is 80.0. The molecule has 2 atom stereocenters. The molecule has 0 radical (unpaired) electrons. The van der Waals surface area contributed by atoms with Crippen molar-refractivity contribution in [1.82, 2.24) is 0 Å². The van der Waals surface area contributed by atoms with Crippen LogP contribution in [0.1, 0.15) is 79.1 Å². The first-order chi connectivity index (χ1) is 38.5. The second-order valence-corrected chi connectivity index (χ2v) is 20.2. The standard InChI is InChI=1S/C16H20O6.C15H18O7.C12H16O4.C8H15O5P.C4H5BrO2/c1-9-11(8-10-6-7-22-16(10)17)13(19-3)15(21-5)14(20-4)12(9)18-2;1-8-10(7-9(15(18)19)5-6-20-2)12(17)14(22-4)13(21-3)11(8)16;1-7-9(6-13)12(16-5)11(15-4)8(2)10(7)14-3;1-3-12-14(10,13-4-2)7-5-6-11-8(7)9;5-3-1-2-7-4(3)6/h8H,6-7H2,1-5H3;7H,5-6H2,1-4H3,(H,18,19);6H,1-5H3;7H,3-6H2,1-2H3;3H,1-2H2/b10-8+;9-7+;;;. The Bertz CT molecular complexity index is 2760. The van der Waals surface area contributed by atoms with Gasteiger partial charge in [0.1, 0.15) is 10.6 Å². The number of halogens is 1. The molecule has 26 heteroatoms. The molecule has 81 heavy (non-hydrogen) atoms. The third-order valence-electron chi connectivity index (χ3n) is 12.2. The monoisotopic (exact) mass is 1230 g/mol. The van der Waals surface area contributed by atoms with Crippen molar-refractivity contribution in [2.24, 2.45) is 0 Å². The summed E-state index contributed by atoms with van der Waals surface area (Å²) in [7, 11) is 11.4. The Morgan fingerprint density at radius 1 is 0.617 bits per heavy atom. The number of ether oxygens (including phenoxy) is 13. The number of carbonyl (C=O) groups excluding carboxylic acids is 6. The summed E-state index contributed by atoms with van der Waals surface area (Å²) >= 11 is 3.13. The van der Waals surface area contributed by atoms with Gasteiger partial charge >= 0.3 is 31.5 Å². The highest BCUT2D eigenvalue weighted by atomic mass is 79.9. The first kappa shape index (κ1) is 70.2. The quantitative estimate of drug-likeness (QED) is 0.0237. The summed E-state index contributed by atoms with van der Waals surface area (Å²) in [6.07, 6.45) is 5.59. The van der Waals surface area contributed by atoms with Gasteiger partial charge in [0, 0.05) is 77.3 Å². The molecular formula is C55H74BrO24P. The molecule has 3 aliphatic heterocycles. The van der Waals surface area contributed by atoms with E-state index in [1.807, 2.05) is 20.8 Å². The van der Waals surface area contributed by atoms with E-state index >= 15 is 0 Å². The van der Waals surface area contributed by atoms with Crippen LogP contribution in [0.15, 0.2) is 39.9 Å². The number of allylic oxidation sites excluding steroid dienone is 3. The SMILES string of the molecule is CCOP(=O)(OCC)C1CCOC1=O.COCC/C(=C\C1=C(C)C(=O)C(OC)=C(OC)C1=O)C(=O)O.COc1c(C)c(/C=C2\CCOC2=O)c(OC)c(OC)c1OC.COc1c(C)c(C=O)c(OC)c(OC)c1C.O=C1OCCC1Br. The summed E-state index contributed by atoms with van der Waals surface area (Å²) in [6, 6.07) is 0.